The van der Waals surface area contributed by atoms with Gasteiger partial charge in [-0.1, -0.05) is 6.92 Å². The van der Waals surface area contributed by atoms with Crippen LogP contribution in [0, 0.1) is 13.8 Å². The standard InChI is InChI=1S/C13H17NOS2/c1-4-10-5-6-11(17-10)7-12(15)13-8(2)14-9(3)16-13/h5-6,12,15H,4,7H2,1-3H3. The van der Waals surface area contributed by atoms with Crippen molar-refractivity contribution in [2.24, 2.45) is 0 Å². The summed E-state index contributed by atoms with van der Waals surface area (Å²) >= 11 is 3.39. The molecule has 2 rings (SSSR count). The van der Waals surface area contributed by atoms with Gasteiger partial charge in [0.25, 0.3) is 0 Å². The zero-order chi connectivity index (χ0) is 12.4. The summed E-state index contributed by atoms with van der Waals surface area (Å²) in [5.74, 6) is 0. The maximum absolute atomic E-state index is 10.2. The van der Waals surface area contributed by atoms with Crippen LogP contribution in [0.3, 0.4) is 0 Å². The molecule has 1 N–H and O–H groups in total. The third-order valence-electron chi connectivity index (χ3n) is 2.70. The molecule has 0 saturated heterocycles. The summed E-state index contributed by atoms with van der Waals surface area (Å²) < 4.78 is 0. The molecule has 2 aromatic rings. The topological polar surface area (TPSA) is 33.1 Å². The molecule has 1 atom stereocenters. The van der Waals surface area contributed by atoms with E-state index in [9.17, 15) is 5.11 Å². The summed E-state index contributed by atoms with van der Waals surface area (Å²) in [4.78, 5) is 7.99. The van der Waals surface area contributed by atoms with E-state index in [1.54, 1.807) is 22.7 Å². The van der Waals surface area contributed by atoms with Crippen molar-refractivity contribution in [3.8, 4) is 0 Å². The predicted molar refractivity (Wildman–Crippen MR) is 73.9 cm³/mol. The maximum Gasteiger partial charge on any atom is 0.0948 e. The zero-order valence-corrected chi connectivity index (χ0v) is 12.0. The third-order valence-corrected chi connectivity index (χ3v) is 5.13. The molecular weight excluding hydrogens is 250 g/mol. The Hall–Kier alpha value is -0.710. The molecule has 0 aliphatic carbocycles. The third kappa shape index (κ3) is 2.94. The van der Waals surface area contributed by atoms with Crippen LogP contribution in [0.1, 0.15) is 38.4 Å². The summed E-state index contributed by atoms with van der Waals surface area (Å²) in [7, 11) is 0. The fourth-order valence-corrected chi connectivity index (χ4v) is 3.77. The molecule has 2 heterocycles. The van der Waals surface area contributed by atoms with Gasteiger partial charge in [0.2, 0.25) is 0 Å². The van der Waals surface area contributed by atoms with E-state index >= 15 is 0 Å². The molecule has 0 saturated carbocycles. The van der Waals surface area contributed by atoms with Crippen molar-refractivity contribution in [2.45, 2.75) is 39.7 Å². The van der Waals surface area contributed by atoms with E-state index in [4.69, 9.17) is 0 Å². The van der Waals surface area contributed by atoms with Crippen LogP contribution in [0.5, 0.6) is 0 Å². The smallest absolute Gasteiger partial charge is 0.0948 e. The Bertz CT molecular complexity index is 501. The van der Waals surface area contributed by atoms with Gasteiger partial charge in [0, 0.05) is 16.2 Å². The Morgan fingerprint density at radius 3 is 2.47 bits per heavy atom. The van der Waals surface area contributed by atoms with Crippen molar-refractivity contribution in [3.63, 3.8) is 0 Å². The maximum atomic E-state index is 10.2. The molecule has 17 heavy (non-hydrogen) atoms. The lowest BCUT2D eigenvalue weighted by molar-refractivity contribution is 0.182. The molecule has 0 aliphatic heterocycles. The Morgan fingerprint density at radius 2 is 1.94 bits per heavy atom. The SMILES string of the molecule is CCc1ccc(CC(O)c2sc(C)nc2C)s1. The first-order chi connectivity index (χ1) is 8.10. The summed E-state index contributed by atoms with van der Waals surface area (Å²) in [5.41, 5.74) is 0.965. The van der Waals surface area contributed by atoms with E-state index in [1.165, 1.54) is 9.75 Å². The molecule has 1 unspecified atom stereocenters. The highest BCUT2D eigenvalue weighted by atomic mass is 32.1. The average Bonchev–Trinajstić information content (AvgIpc) is 2.85. The number of hydrogen-bond donors (Lipinski definition) is 1. The summed E-state index contributed by atoms with van der Waals surface area (Å²) in [6.07, 6.45) is 1.36. The number of aliphatic hydroxyl groups is 1. The van der Waals surface area contributed by atoms with Crippen molar-refractivity contribution in [1.29, 1.82) is 0 Å². The van der Waals surface area contributed by atoms with Crippen LogP contribution in [0.2, 0.25) is 0 Å². The largest absolute Gasteiger partial charge is 0.387 e. The van der Waals surface area contributed by atoms with Crippen LogP contribution in [0.15, 0.2) is 12.1 Å². The molecule has 0 amide bonds. The molecule has 0 aromatic carbocycles. The summed E-state index contributed by atoms with van der Waals surface area (Å²) in [6.45, 7) is 6.10. The van der Waals surface area contributed by atoms with E-state index < -0.39 is 6.10 Å². The van der Waals surface area contributed by atoms with Crippen LogP contribution < -0.4 is 0 Å². The van der Waals surface area contributed by atoms with E-state index in [1.807, 2.05) is 13.8 Å². The first-order valence-corrected chi connectivity index (χ1v) is 7.43. The average molecular weight is 267 g/mol. The number of nitrogens with zero attached hydrogens (tertiary/aromatic N) is 1. The number of thiazole rings is 1. The molecule has 0 radical (unpaired) electrons. The van der Waals surface area contributed by atoms with Gasteiger partial charge in [-0.3, -0.25) is 0 Å². The first kappa shape index (κ1) is 12.7. The highest BCUT2D eigenvalue weighted by molar-refractivity contribution is 7.12. The molecule has 92 valence electrons. The molecular formula is C13H17NOS2. The van der Waals surface area contributed by atoms with Crippen LogP contribution in [-0.2, 0) is 12.8 Å². The summed E-state index contributed by atoms with van der Waals surface area (Å²) in [6, 6.07) is 4.27. The lowest BCUT2D eigenvalue weighted by Gasteiger charge is -2.07. The van der Waals surface area contributed by atoms with Crippen molar-refractivity contribution in [3.05, 3.63) is 37.5 Å². The second-order valence-electron chi connectivity index (χ2n) is 4.12. The predicted octanol–water partition coefficient (Wildman–Crippen LogP) is 3.66. The Balaban J connectivity index is 2.11. The fourth-order valence-electron chi connectivity index (χ4n) is 1.86. The number of aryl methyl sites for hydroxylation is 3. The van der Waals surface area contributed by atoms with Gasteiger partial charge < -0.3 is 5.11 Å². The second-order valence-corrected chi connectivity index (χ2v) is 6.61. The van der Waals surface area contributed by atoms with Crippen molar-refractivity contribution in [2.75, 3.05) is 0 Å². The van der Waals surface area contributed by atoms with Crippen LogP contribution in [0.4, 0.5) is 0 Å². The van der Waals surface area contributed by atoms with Gasteiger partial charge >= 0.3 is 0 Å². The Labute approximate surface area is 110 Å². The van der Waals surface area contributed by atoms with Gasteiger partial charge in [0.1, 0.15) is 0 Å². The van der Waals surface area contributed by atoms with Crippen LogP contribution >= 0.6 is 22.7 Å². The zero-order valence-electron chi connectivity index (χ0n) is 10.4. The van der Waals surface area contributed by atoms with E-state index in [0.717, 1.165) is 22.0 Å². The van der Waals surface area contributed by atoms with Crippen molar-refractivity contribution in [1.82, 2.24) is 4.98 Å². The molecule has 0 fully saturated rings. The molecule has 0 bridgehead atoms. The fraction of sp³-hybridized carbons (Fsp3) is 0.462. The number of thiophene rings is 1. The number of aliphatic hydroxyl groups excluding tert-OH is 1. The normalized spacial score (nSPS) is 12.9. The number of aromatic nitrogens is 1. The van der Waals surface area contributed by atoms with Gasteiger partial charge in [0.05, 0.1) is 21.7 Å². The summed E-state index contributed by atoms with van der Waals surface area (Å²) in [5, 5.41) is 11.3. The minimum absolute atomic E-state index is 0.412. The molecule has 2 aromatic heterocycles. The molecule has 2 nitrogen and oxygen atoms in total. The van der Waals surface area contributed by atoms with E-state index in [2.05, 4.69) is 24.0 Å². The van der Waals surface area contributed by atoms with E-state index in [-0.39, 0.29) is 0 Å². The van der Waals surface area contributed by atoms with Crippen molar-refractivity contribution >= 4 is 22.7 Å². The lowest BCUT2D eigenvalue weighted by atomic mass is 10.1. The van der Waals surface area contributed by atoms with Gasteiger partial charge in [0.15, 0.2) is 0 Å². The quantitative estimate of drug-likeness (QED) is 0.917. The molecule has 0 aliphatic rings. The lowest BCUT2D eigenvalue weighted by Crippen LogP contribution is -1.99. The highest BCUT2D eigenvalue weighted by Crippen LogP contribution is 2.29. The second kappa shape index (κ2) is 5.29. The van der Waals surface area contributed by atoms with Gasteiger partial charge in [-0.05, 0) is 32.4 Å². The van der Waals surface area contributed by atoms with Crippen molar-refractivity contribution < 1.29 is 5.11 Å². The minimum atomic E-state index is -0.412. The van der Waals surface area contributed by atoms with Crippen LogP contribution in [-0.4, -0.2) is 10.1 Å². The van der Waals surface area contributed by atoms with Gasteiger partial charge in [-0.25, -0.2) is 4.98 Å². The Morgan fingerprint density at radius 1 is 1.24 bits per heavy atom. The van der Waals surface area contributed by atoms with Gasteiger partial charge in [-0.15, -0.1) is 22.7 Å². The van der Waals surface area contributed by atoms with Crippen LogP contribution in [0.25, 0.3) is 0 Å². The molecule has 4 heteroatoms. The minimum Gasteiger partial charge on any atom is -0.387 e. The number of hydrogen-bond acceptors (Lipinski definition) is 4. The first-order valence-electron chi connectivity index (χ1n) is 5.79. The molecule has 0 spiro atoms. The highest BCUT2D eigenvalue weighted by Gasteiger charge is 2.16. The monoisotopic (exact) mass is 267 g/mol. The Kier molecular flexibility index (Phi) is 3.97. The number of rotatable bonds is 4. The van der Waals surface area contributed by atoms with E-state index in [0.29, 0.717) is 6.42 Å². The van der Waals surface area contributed by atoms with Gasteiger partial charge in [-0.2, -0.15) is 0 Å².